The Labute approximate surface area is 287 Å². The molecule has 0 saturated carbocycles. The summed E-state index contributed by atoms with van der Waals surface area (Å²) in [6.07, 6.45) is 3.31. The van der Waals surface area contributed by atoms with Crippen molar-refractivity contribution in [3.63, 3.8) is 0 Å². The molecule has 2 unspecified atom stereocenters. The van der Waals surface area contributed by atoms with Crippen LogP contribution in [0.15, 0.2) is 103 Å². The summed E-state index contributed by atoms with van der Waals surface area (Å²) in [5.74, 6) is 0.712. The lowest BCUT2D eigenvalue weighted by Crippen LogP contribution is -2.09. The van der Waals surface area contributed by atoms with Crippen LogP contribution in [0.4, 0.5) is 0 Å². The maximum atomic E-state index is 11.6. The van der Waals surface area contributed by atoms with Crippen LogP contribution in [-0.4, -0.2) is 40.9 Å². The number of hydrogen-bond acceptors (Lipinski definition) is 5. The number of thiocarbonyl (C=S) groups is 1. The molecule has 0 amide bonds. The lowest BCUT2D eigenvalue weighted by atomic mass is 9.86. The predicted octanol–water partition coefficient (Wildman–Crippen LogP) is 9.27. The summed E-state index contributed by atoms with van der Waals surface area (Å²) in [5.41, 5.74) is 7.59. The molecule has 46 heavy (non-hydrogen) atoms. The number of alkyl halides is 1. The number of thioether (sulfide) groups is 1. The van der Waals surface area contributed by atoms with Gasteiger partial charge in [0.25, 0.3) is 0 Å². The van der Waals surface area contributed by atoms with Gasteiger partial charge in [0.15, 0.2) is 0 Å². The highest BCUT2D eigenvalue weighted by Gasteiger charge is 2.23. The Morgan fingerprint density at radius 1 is 0.783 bits per heavy atom. The average molecular weight is 697 g/mol. The largest absolute Gasteiger partial charge is 0.382 e. The standard InChI is InChI=1S/C37H42ClO5PS2/c1-42-23-24-43-22-21-29-9-7-28(8-10-29)11-20-35(32-16-12-30(26-38)13-17-32)25-36(46-37(45)34-5-3-2-4-6-34)33-18-14-31(15-19-33)27-44(39,40)41/h2-10,12-19,35-36H,11,20-27H2,1H3,(H2,39,40,41). The fourth-order valence-electron chi connectivity index (χ4n) is 5.30. The van der Waals surface area contributed by atoms with E-state index in [1.165, 1.54) is 16.7 Å². The molecule has 4 aromatic carbocycles. The van der Waals surface area contributed by atoms with E-state index in [0.29, 0.717) is 31.3 Å². The monoisotopic (exact) mass is 696 g/mol. The minimum absolute atomic E-state index is 0.0370. The number of ether oxygens (including phenoxy) is 2. The van der Waals surface area contributed by atoms with Crippen LogP contribution >= 0.6 is 43.2 Å². The number of benzene rings is 4. The fraction of sp³-hybridized carbons (Fsp3) is 0.324. The quantitative estimate of drug-likeness (QED) is 0.0465. The molecule has 2 N–H and O–H groups in total. The van der Waals surface area contributed by atoms with Gasteiger partial charge in [-0.1, -0.05) is 115 Å². The molecular weight excluding hydrogens is 655 g/mol. The van der Waals surface area contributed by atoms with Crippen LogP contribution in [0.3, 0.4) is 0 Å². The molecule has 0 fully saturated rings. The Bertz CT molecular complexity index is 1530. The summed E-state index contributed by atoms with van der Waals surface area (Å²) in [5, 5.41) is 0.0370. The van der Waals surface area contributed by atoms with Gasteiger partial charge >= 0.3 is 7.60 Å². The first-order valence-electron chi connectivity index (χ1n) is 15.4. The summed E-state index contributed by atoms with van der Waals surface area (Å²) >= 11 is 13.7. The first-order chi connectivity index (χ1) is 22.2. The minimum Gasteiger partial charge on any atom is -0.382 e. The van der Waals surface area contributed by atoms with Gasteiger partial charge in [0.05, 0.1) is 30.2 Å². The maximum absolute atomic E-state index is 11.6. The van der Waals surface area contributed by atoms with Crippen molar-refractivity contribution >= 4 is 47.4 Å². The summed E-state index contributed by atoms with van der Waals surface area (Å²) in [6, 6.07) is 35.1. The van der Waals surface area contributed by atoms with Gasteiger partial charge in [-0.05, 0) is 70.5 Å². The SMILES string of the molecule is COCCOCCc1ccc(CCC(CC(SC(=S)c2ccccc2)c2ccc(CP(=O)(O)O)cc2)c2ccc(CCl)cc2)cc1. The molecule has 0 aliphatic heterocycles. The summed E-state index contributed by atoms with van der Waals surface area (Å²) in [6.45, 7) is 1.88. The Morgan fingerprint density at radius 2 is 1.37 bits per heavy atom. The summed E-state index contributed by atoms with van der Waals surface area (Å²) in [7, 11) is -2.48. The molecule has 9 heteroatoms. The van der Waals surface area contributed by atoms with Gasteiger partial charge in [0.2, 0.25) is 0 Å². The number of hydrogen-bond donors (Lipinski definition) is 2. The lowest BCUT2D eigenvalue weighted by Gasteiger charge is -2.25. The van der Waals surface area contributed by atoms with Crippen molar-refractivity contribution in [3.8, 4) is 0 Å². The Balaban J connectivity index is 1.54. The average Bonchev–Trinajstić information content (AvgIpc) is 3.06. The Morgan fingerprint density at radius 3 is 1.98 bits per heavy atom. The van der Waals surface area contributed by atoms with E-state index in [-0.39, 0.29) is 17.3 Å². The first kappa shape index (κ1) is 36.5. The van der Waals surface area contributed by atoms with E-state index in [9.17, 15) is 14.4 Å². The van der Waals surface area contributed by atoms with Crippen LogP contribution in [0.5, 0.6) is 0 Å². The van der Waals surface area contributed by atoms with Gasteiger partial charge in [0.1, 0.15) is 0 Å². The van der Waals surface area contributed by atoms with Crippen molar-refractivity contribution in [3.05, 3.63) is 142 Å². The molecule has 4 aromatic rings. The van der Waals surface area contributed by atoms with Gasteiger partial charge in [-0.2, -0.15) is 0 Å². The van der Waals surface area contributed by atoms with Crippen molar-refractivity contribution in [2.75, 3.05) is 26.9 Å². The van der Waals surface area contributed by atoms with Crippen LogP contribution in [0.1, 0.15) is 63.0 Å². The smallest absolute Gasteiger partial charge is 0.329 e. The highest BCUT2D eigenvalue weighted by Crippen LogP contribution is 2.43. The van der Waals surface area contributed by atoms with Gasteiger partial charge in [-0.25, -0.2) is 0 Å². The van der Waals surface area contributed by atoms with Crippen molar-refractivity contribution in [2.24, 2.45) is 0 Å². The zero-order chi connectivity index (χ0) is 32.8. The highest BCUT2D eigenvalue weighted by atomic mass is 35.5. The number of aryl methyl sites for hydroxylation is 1. The van der Waals surface area contributed by atoms with Gasteiger partial charge in [-0.3, -0.25) is 4.57 Å². The second kappa shape index (κ2) is 18.9. The molecule has 4 rings (SSSR count). The van der Waals surface area contributed by atoms with Crippen LogP contribution in [-0.2, 0) is 38.9 Å². The zero-order valence-corrected chi connectivity index (χ0v) is 29.4. The van der Waals surface area contributed by atoms with Crippen LogP contribution in [0.25, 0.3) is 0 Å². The lowest BCUT2D eigenvalue weighted by molar-refractivity contribution is 0.0722. The summed E-state index contributed by atoms with van der Waals surface area (Å²) in [4.78, 5) is 19.0. The van der Waals surface area contributed by atoms with E-state index >= 15 is 0 Å². The van der Waals surface area contributed by atoms with E-state index in [0.717, 1.165) is 46.6 Å². The van der Waals surface area contributed by atoms with Crippen LogP contribution in [0.2, 0.25) is 0 Å². The topological polar surface area (TPSA) is 76.0 Å². The normalized spacial score (nSPS) is 13.0. The second-order valence-electron chi connectivity index (χ2n) is 11.3. The van der Waals surface area contributed by atoms with E-state index in [2.05, 4.69) is 48.5 Å². The molecule has 0 radical (unpaired) electrons. The first-order valence-corrected chi connectivity index (χ1v) is 19.0. The third-order valence-electron chi connectivity index (χ3n) is 7.87. The van der Waals surface area contributed by atoms with Crippen molar-refractivity contribution < 1.29 is 23.8 Å². The van der Waals surface area contributed by atoms with Gasteiger partial charge < -0.3 is 19.3 Å². The van der Waals surface area contributed by atoms with E-state index in [4.69, 9.17) is 33.3 Å². The molecule has 0 aliphatic rings. The van der Waals surface area contributed by atoms with E-state index in [1.807, 2.05) is 54.6 Å². The molecule has 0 saturated heterocycles. The third kappa shape index (κ3) is 12.4. The summed E-state index contributed by atoms with van der Waals surface area (Å²) < 4.78 is 23.1. The van der Waals surface area contributed by atoms with Crippen molar-refractivity contribution in [2.45, 2.75) is 48.9 Å². The molecule has 0 aromatic heterocycles. The van der Waals surface area contributed by atoms with Crippen molar-refractivity contribution in [1.82, 2.24) is 0 Å². The highest BCUT2D eigenvalue weighted by molar-refractivity contribution is 8.23. The van der Waals surface area contributed by atoms with Gasteiger partial charge in [0, 0.05) is 18.2 Å². The number of methoxy groups -OCH3 is 1. The molecule has 2 atom stereocenters. The minimum atomic E-state index is -4.16. The van der Waals surface area contributed by atoms with Gasteiger partial charge in [-0.15, -0.1) is 23.4 Å². The number of rotatable bonds is 18. The zero-order valence-electron chi connectivity index (χ0n) is 26.1. The van der Waals surface area contributed by atoms with E-state index in [1.54, 1.807) is 18.9 Å². The molecular formula is C37H42ClO5PS2. The fourth-order valence-corrected chi connectivity index (χ4v) is 7.81. The van der Waals surface area contributed by atoms with E-state index < -0.39 is 7.60 Å². The molecule has 244 valence electrons. The molecule has 0 bridgehead atoms. The maximum Gasteiger partial charge on any atom is 0.329 e. The molecule has 5 nitrogen and oxygen atoms in total. The molecule has 0 heterocycles. The molecule has 0 spiro atoms. The van der Waals surface area contributed by atoms with Crippen LogP contribution in [0, 0.1) is 0 Å². The second-order valence-corrected chi connectivity index (χ2v) is 15.1. The molecule has 0 aliphatic carbocycles. The predicted molar refractivity (Wildman–Crippen MR) is 195 cm³/mol. The Kier molecular flexibility index (Phi) is 15.0. The van der Waals surface area contributed by atoms with Crippen LogP contribution < -0.4 is 0 Å². The van der Waals surface area contributed by atoms with Crippen molar-refractivity contribution in [1.29, 1.82) is 0 Å². The third-order valence-corrected chi connectivity index (χ3v) is 10.7. The number of halogens is 1. The Hall–Kier alpha value is -2.32.